The first-order valence-electron chi connectivity index (χ1n) is 7.80. The van der Waals surface area contributed by atoms with Crippen molar-refractivity contribution in [1.29, 1.82) is 0 Å². The molecule has 0 saturated heterocycles. The molecule has 1 aromatic rings. The topological polar surface area (TPSA) is 12.0 Å². The highest BCUT2D eigenvalue weighted by Gasteiger charge is 2.39. The molecule has 4 unspecified atom stereocenters. The first-order chi connectivity index (χ1) is 9.74. The van der Waals surface area contributed by atoms with E-state index in [9.17, 15) is 0 Å². The van der Waals surface area contributed by atoms with Crippen LogP contribution in [0.1, 0.15) is 32.1 Å². The second-order valence-electron chi connectivity index (χ2n) is 6.42. The summed E-state index contributed by atoms with van der Waals surface area (Å²) in [5.41, 5.74) is 0. The largest absolute Gasteiger partial charge is 0.316 e. The summed E-state index contributed by atoms with van der Waals surface area (Å²) < 4.78 is 1.18. The van der Waals surface area contributed by atoms with E-state index >= 15 is 0 Å². The second kappa shape index (κ2) is 6.85. The lowest BCUT2D eigenvalue weighted by Crippen LogP contribution is -2.31. The average Bonchev–Trinajstić information content (AvgIpc) is 3.06. The Morgan fingerprint density at radius 1 is 1.35 bits per heavy atom. The Kier molecular flexibility index (Phi) is 5.11. The van der Waals surface area contributed by atoms with Crippen LogP contribution >= 0.6 is 27.7 Å². The summed E-state index contributed by atoms with van der Waals surface area (Å²) in [4.78, 5) is 1.37. The summed E-state index contributed by atoms with van der Waals surface area (Å²) in [5, 5.41) is 3.54. The summed E-state index contributed by atoms with van der Waals surface area (Å²) in [7, 11) is 2.12. The average molecular weight is 354 g/mol. The zero-order valence-electron chi connectivity index (χ0n) is 12.1. The molecule has 2 aliphatic rings. The zero-order valence-corrected chi connectivity index (χ0v) is 14.6. The number of hydrogen-bond acceptors (Lipinski definition) is 2. The molecule has 3 heteroatoms. The first kappa shape index (κ1) is 14.9. The molecule has 0 aliphatic heterocycles. The Balaban J connectivity index is 1.50. The van der Waals surface area contributed by atoms with E-state index in [0.29, 0.717) is 6.04 Å². The van der Waals surface area contributed by atoms with Gasteiger partial charge in [-0.25, -0.2) is 0 Å². The van der Waals surface area contributed by atoms with E-state index in [1.54, 1.807) is 0 Å². The van der Waals surface area contributed by atoms with Crippen LogP contribution in [0, 0.1) is 17.8 Å². The minimum absolute atomic E-state index is 0.656. The van der Waals surface area contributed by atoms with E-state index in [4.69, 9.17) is 0 Å². The van der Waals surface area contributed by atoms with Gasteiger partial charge in [0, 0.05) is 21.2 Å². The number of thioether (sulfide) groups is 1. The maximum absolute atomic E-state index is 3.55. The quantitative estimate of drug-likeness (QED) is 0.725. The van der Waals surface area contributed by atoms with Crippen molar-refractivity contribution in [3.8, 4) is 0 Å². The minimum Gasteiger partial charge on any atom is -0.316 e. The van der Waals surface area contributed by atoms with Gasteiger partial charge in [0.2, 0.25) is 0 Å². The van der Waals surface area contributed by atoms with Crippen molar-refractivity contribution in [2.24, 2.45) is 17.8 Å². The van der Waals surface area contributed by atoms with Gasteiger partial charge in [-0.05, 0) is 68.7 Å². The van der Waals surface area contributed by atoms with E-state index in [2.05, 4.69) is 52.6 Å². The molecule has 2 saturated carbocycles. The van der Waals surface area contributed by atoms with Gasteiger partial charge >= 0.3 is 0 Å². The second-order valence-corrected chi connectivity index (χ2v) is 8.43. The number of benzene rings is 1. The lowest BCUT2D eigenvalue weighted by Gasteiger charge is -2.26. The van der Waals surface area contributed by atoms with Gasteiger partial charge in [0.15, 0.2) is 0 Å². The number of fused-ring (bicyclic) bond motifs is 2. The Bertz CT molecular complexity index is 450. The highest BCUT2D eigenvalue weighted by Crippen LogP contribution is 2.50. The minimum atomic E-state index is 0.656. The van der Waals surface area contributed by atoms with Crippen LogP contribution in [-0.4, -0.2) is 18.8 Å². The fourth-order valence-corrected chi connectivity index (χ4v) is 5.69. The Morgan fingerprint density at radius 2 is 2.25 bits per heavy atom. The third-order valence-electron chi connectivity index (χ3n) is 5.13. The van der Waals surface area contributed by atoms with E-state index in [-0.39, 0.29) is 0 Å². The van der Waals surface area contributed by atoms with Crippen molar-refractivity contribution in [3.63, 3.8) is 0 Å². The van der Waals surface area contributed by atoms with Crippen molar-refractivity contribution in [2.45, 2.75) is 43.0 Å². The summed E-state index contributed by atoms with van der Waals surface area (Å²) in [6.45, 7) is 0. The Morgan fingerprint density at radius 3 is 2.90 bits per heavy atom. The maximum atomic E-state index is 3.55. The van der Waals surface area contributed by atoms with Gasteiger partial charge in [0.05, 0.1) is 0 Å². The fraction of sp³-hybridized carbons (Fsp3) is 0.647. The molecule has 0 heterocycles. The van der Waals surface area contributed by atoms with Crippen molar-refractivity contribution < 1.29 is 0 Å². The van der Waals surface area contributed by atoms with Crippen LogP contribution in [-0.2, 0) is 0 Å². The first-order valence-corrected chi connectivity index (χ1v) is 9.58. The third kappa shape index (κ3) is 3.61. The third-order valence-corrected chi connectivity index (χ3v) is 6.78. The summed E-state index contributed by atoms with van der Waals surface area (Å²) in [6.07, 6.45) is 7.42. The SMILES string of the molecule is CNC(CSc1cccc(Br)c1)CC1CC2CCC1C2. The predicted molar refractivity (Wildman–Crippen MR) is 91.3 cm³/mol. The van der Waals surface area contributed by atoms with Gasteiger partial charge < -0.3 is 5.32 Å². The molecule has 2 fully saturated rings. The van der Waals surface area contributed by atoms with Crippen LogP contribution in [0.5, 0.6) is 0 Å². The Hall–Kier alpha value is 0.01000. The molecule has 20 heavy (non-hydrogen) atoms. The van der Waals surface area contributed by atoms with E-state index < -0.39 is 0 Å². The van der Waals surface area contributed by atoms with Gasteiger partial charge in [-0.15, -0.1) is 11.8 Å². The molecule has 110 valence electrons. The molecule has 2 bridgehead atoms. The predicted octanol–water partition coefficient (Wildman–Crippen LogP) is 4.96. The highest BCUT2D eigenvalue weighted by atomic mass is 79.9. The number of rotatable bonds is 6. The standard InChI is InChI=1S/C17H24BrNS/c1-19-16(9-14-8-12-5-6-13(14)7-12)11-20-17-4-2-3-15(18)10-17/h2-4,10,12-14,16,19H,5-9,11H2,1H3. The molecular formula is C17H24BrNS. The molecule has 4 atom stereocenters. The fourth-order valence-electron chi connectivity index (χ4n) is 4.05. The van der Waals surface area contributed by atoms with Crippen LogP contribution < -0.4 is 5.32 Å². The molecule has 0 radical (unpaired) electrons. The molecule has 1 nitrogen and oxygen atoms in total. The van der Waals surface area contributed by atoms with Crippen LogP contribution in [0.15, 0.2) is 33.6 Å². The lowest BCUT2D eigenvalue weighted by molar-refractivity contribution is 0.290. The molecule has 3 rings (SSSR count). The van der Waals surface area contributed by atoms with Crippen LogP contribution in [0.4, 0.5) is 0 Å². The molecule has 0 aromatic heterocycles. The summed E-state index contributed by atoms with van der Waals surface area (Å²) >= 11 is 5.53. The van der Waals surface area contributed by atoms with E-state index in [1.807, 2.05) is 11.8 Å². The summed E-state index contributed by atoms with van der Waals surface area (Å²) in [5.74, 6) is 4.29. The van der Waals surface area contributed by atoms with Crippen LogP contribution in [0.25, 0.3) is 0 Å². The lowest BCUT2D eigenvalue weighted by atomic mass is 9.84. The molecule has 1 N–H and O–H groups in total. The normalized spacial score (nSPS) is 29.8. The number of hydrogen-bond donors (Lipinski definition) is 1. The van der Waals surface area contributed by atoms with E-state index in [1.165, 1.54) is 47.2 Å². The van der Waals surface area contributed by atoms with Gasteiger partial charge in [-0.2, -0.15) is 0 Å². The molecule has 2 aliphatic carbocycles. The van der Waals surface area contributed by atoms with Crippen molar-refractivity contribution in [1.82, 2.24) is 5.32 Å². The highest BCUT2D eigenvalue weighted by molar-refractivity contribution is 9.10. The monoisotopic (exact) mass is 353 g/mol. The number of halogens is 1. The van der Waals surface area contributed by atoms with Gasteiger partial charge in [-0.3, -0.25) is 0 Å². The van der Waals surface area contributed by atoms with Gasteiger partial charge in [0.25, 0.3) is 0 Å². The molecule has 1 aromatic carbocycles. The summed E-state index contributed by atoms with van der Waals surface area (Å²) in [6, 6.07) is 9.29. The Labute approximate surface area is 135 Å². The smallest absolute Gasteiger partial charge is 0.0186 e. The van der Waals surface area contributed by atoms with Crippen molar-refractivity contribution in [3.05, 3.63) is 28.7 Å². The zero-order chi connectivity index (χ0) is 13.9. The van der Waals surface area contributed by atoms with Gasteiger partial charge in [0.1, 0.15) is 0 Å². The molecule has 0 spiro atoms. The van der Waals surface area contributed by atoms with Crippen LogP contribution in [0.3, 0.4) is 0 Å². The van der Waals surface area contributed by atoms with Gasteiger partial charge in [-0.1, -0.05) is 28.4 Å². The van der Waals surface area contributed by atoms with Crippen molar-refractivity contribution in [2.75, 3.05) is 12.8 Å². The van der Waals surface area contributed by atoms with Crippen LogP contribution in [0.2, 0.25) is 0 Å². The maximum Gasteiger partial charge on any atom is 0.0186 e. The van der Waals surface area contributed by atoms with Crippen molar-refractivity contribution >= 4 is 27.7 Å². The molecular weight excluding hydrogens is 330 g/mol. The number of nitrogens with one attached hydrogen (secondary N) is 1. The van der Waals surface area contributed by atoms with E-state index in [0.717, 1.165) is 17.8 Å². The molecule has 0 amide bonds.